The van der Waals surface area contributed by atoms with Gasteiger partial charge >= 0.3 is 5.97 Å². The first-order chi connectivity index (χ1) is 8.97. The van der Waals surface area contributed by atoms with Crippen molar-refractivity contribution in [3.63, 3.8) is 0 Å². The maximum absolute atomic E-state index is 12.1. The standard InChI is InChI=1S/C11H11F2NO3S2/c12-11(13)19-8-3-1-7(2-4-8)14-9(15)5-18-6-10(16)17/h1-4,11H,5-6H2,(H,14,15)(H,16,17). The first-order valence-electron chi connectivity index (χ1n) is 5.11. The van der Waals surface area contributed by atoms with E-state index in [1.165, 1.54) is 24.3 Å². The molecule has 0 atom stereocenters. The number of carboxylic acids is 1. The Balaban J connectivity index is 2.40. The number of nitrogens with one attached hydrogen (secondary N) is 1. The van der Waals surface area contributed by atoms with Crippen molar-refractivity contribution in [1.29, 1.82) is 0 Å². The number of alkyl halides is 2. The summed E-state index contributed by atoms with van der Waals surface area (Å²) in [5.74, 6) is -3.91. The van der Waals surface area contributed by atoms with Crippen LogP contribution in [-0.2, 0) is 9.59 Å². The third-order valence-corrected chi connectivity index (χ3v) is 3.46. The maximum atomic E-state index is 12.1. The van der Waals surface area contributed by atoms with E-state index in [-0.39, 0.29) is 17.4 Å². The van der Waals surface area contributed by atoms with E-state index in [0.717, 1.165) is 11.8 Å². The Hall–Kier alpha value is -1.28. The largest absolute Gasteiger partial charge is 0.481 e. The number of thioether (sulfide) groups is 2. The quantitative estimate of drug-likeness (QED) is 0.758. The zero-order valence-electron chi connectivity index (χ0n) is 9.64. The van der Waals surface area contributed by atoms with Crippen LogP contribution in [0.5, 0.6) is 0 Å². The van der Waals surface area contributed by atoms with Crippen molar-refractivity contribution in [2.45, 2.75) is 10.7 Å². The van der Waals surface area contributed by atoms with E-state index in [4.69, 9.17) is 5.11 Å². The van der Waals surface area contributed by atoms with E-state index in [1.807, 2.05) is 0 Å². The average Bonchev–Trinajstić information content (AvgIpc) is 2.30. The van der Waals surface area contributed by atoms with Crippen molar-refractivity contribution in [3.8, 4) is 0 Å². The van der Waals surface area contributed by atoms with Crippen LogP contribution in [0, 0.1) is 0 Å². The molecule has 0 saturated heterocycles. The Morgan fingerprint density at radius 3 is 2.37 bits per heavy atom. The number of amides is 1. The van der Waals surface area contributed by atoms with E-state index in [9.17, 15) is 18.4 Å². The molecule has 8 heteroatoms. The summed E-state index contributed by atoms with van der Waals surface area (Å²) in [5, 5.41) is 10.9. The highest BCUT2D eigenvalue weighted by Gasteiger charge is 2.07. The van der Waals surface area contributed by atoms with Crippen LogP contribution in [0.3, 0.4) is 0 Å². The second-order valence-corrected chi connectivity index (χ2v) is 5.39. The van der Waals surface area contributed by atoms with Gasteiger partial charge in [-0.05, 0) is 24.3 Å². The van der Waals surface area contributed by atoms with Crippen LogP contribution >= 0.6 is 23.5 Å². The summed E-state index contributed by atoms with van der Waals surface area (Å²) in [6.07, 6.45) is 0. The number of hydrogen-bond donors (Lipinski definition) is 2. The molecule has 0 aliphatic carbocycles. The predicted molar refractivity (Wildman–Crippen MR) is 71.9 cm³/mol. The molecule has 0 aliphatic rings. The number of anilines is 1. The van der Waals surface area contributed by atoms with Gasteiger partial charge in [0.1, 0.15) is 0 Å². The summed E-state index contributed by atoms with van der Waals surface area (Å²) in [4.78, 5) is 22.1. The summed E-state index contributed by atoms with van der Waals surface area (Å²) in [7, 11) is 0. The van der Waals surface area contributed by atoms with Crippen LogP contribution in [0.1, 0.15) is 0 Å². The number of aliphatic carboxylic acids is 1. The number of carboxylic acid groups (broad SMARTS) is 1. The van der Waals surface area contributed by atoms with Crippen LogP contribution in [-0.4, -0.2) is 34.2 Å². The van der Waals surface area contributed by atoms with Gasteiger partial charge in [-0.2, -0.15) is 8.78 Å². The van der Waals surface area contributed by atoms with Gasteiger partial charge in [0.2, 0.25) is 5.91 Å². The van der Waals surface area contributed by atoms with Crippen LogP contribution in [0.15, 0.2) is 29.2 Å². The first-order valence-corrected chi connectivity index (χ1v) is 7.15. The smallest absolute Gasteiger partial charge is 0.313 e. The van der Waals surface area contributed by atoms with Gasteiger partial charge in [-0.15, -0.1) is 11.8 Å². The minimum atomic E-state index is -2.48. The fourth-order valence-corrected chi connectivity index (χ4v) is 2.18. The van der Waals surface area contributed by atoms with Gasteiger partial charge in [0.25, 0.3) is 5.76 Å². The highest BCUT2D eigenvalue weighted by molar-refractivity contribution is 8.00. The molecule has 0 radical (unpaired) electrons. The summed E-state index contributed by atoms with van der Waals surface area (Å²) in [5.41, 5.74) is 0.486. The summed E-state index contributed by atoms with van der Waals surface area (Å²) in [6.45, 7) is 0. The number of halogens is 2. The second kappa shape index (κ2) is 8.00. The van der Waals surface area contributed by atoms with Gasteiger partial charge in [-0.3, -0.25) is 9.59 Å². The van der Waals surface area contributed by atoms with Gasteiger partial charge in [0.05, 0.1) is 11.5 Å². The fourth-order valence-electron chi connectivity index (χ4n) is 1.15. The lowest BCUT2D eigenvalue weighted by Crippen LogP contribution is -2.15. The number of carbonyl (C=O) groups excluding carboxylic acids is 1. The number of benzene rings is 1. The summed E-state index contributed by atoms with van der Waals surface area (Å²) in [6, 6.07) is 6.00. The minimum Gasteiger partial charge on any atom is -0.481 e. The highest BCUT2D eigenvalue weighted by atomic mass is 32.2. The highest BCUT2D eigenvalue weighted by Crippen LogP contribution is 2.26. The molecule has 0 aromatic heterocycles. The average molecular weight is 307 g/mol. The van der Waals surface area contributed by atoms with E-state index in [1.54, 1.807) is 0 Å². The van der Waals surface area contributed by atoms with Crippen molar-refractivity contribution < 1.29 is 23.5 Å². The number of rotatable bonds is 7. The van der Waals surface area contributed by atoms with Crippen molar-refractivity contribution in [2.24, 2.45) is 0 Å². The molecule has 0 aliphatic heterocycles. The van der Waals surface area contributed by atoms with E-state index in [2.05, 4.69) is 5.32 Å². The molecular formula is C11H11F2NO3S2. The number of carbonyl (C=O) groups is 2. The van der Waals surface area contributed by atoms with Crippen LogP contribution < -0.4 is 5.32 Å². The molecule has 0 spiro atoms. The van der Waals surface area contributed by atoms with Crippen molar-refractivity contribution in [2.75, 3.05) is 16.8 Å². The molecule has 1 aromatic rings. The zero-order valence-corrected chi connectivity index (χ0v) is 11.3. The molecule has 104 valence electrons. The first kappa shape index (κ1) is 15.8. The van der Waals surface area contributed by atoms with E-state index >= 15 is 0 Å². The molecule has 4 nitrogen and oxygen atoms in total. The van der Waals surface area contributed by atoms with Crippen molar-refractivity contribution >= 4 is 41.1 Å². The molecule has 0 saturated carbocycles. The maximum Gasteiger partial charge on any atom is 0.313 e. The normalized spacial score (nSPS) is 10.5. The molecule has 0 heterocycles. The molecule has 0 fully saturated rings. The third kappa shape index (κ3) is 7.02. The Kier molecular flexibility index (Phi) is 6.65. The van der Waals surface area contributed by atoms with Crippen LogP contribution in [0.25, 0.3) is 0 Å². The topological polar surface area (TPSA) is 66.4 Å². The third-order valence-electron chi connectivity index (χ3n) is 1.82. The Morgan fingerprint density at radius 2 is 1.84 bits per heavy atom. The van der Waals surface area contributed by atoms with Crippen LogP contribution in [0.2, 0.25) is 0 Å². The Morgan fingerprint density at radius 1 is 1.21 bits per heavy atom. The van der Waals surface area contributed by atoms with Crippen molar-refractivity contribution in [1.82, 2.24) is 0 Å². The minimum absolute atomic E-state index is 0.0276. The SMILES string of the molecule is O=C(O)CSCC(=O)Nc1ccc(SC(F)F)cc1. The monoisotopic (exact) mass is 307 g/mol. The van der Waals surface area contributed by atoms with E-state index in [0.29, 0.717) is 22.3 Å². The number of hydrogen-bond acceptors (Lipinski definition) is 4. The van der Waals surface area contributed by atoms with Gasteiger partial charge in [0.15, 0.2) is 0 Å². The molecule has 1 aromatic carbocycles. The lowest BCUT2D eigenvalue weighted by molar-refractivity contribution is -0.133. The molecule has 0 bridgehead atoms. The predicted octanol–water partition coefficient (Wildman–Crippen LogP) is 2.76. The van der Waals surface area contributed by atoms with Gasteiger partial charge < -0.3 is 10.4 Å². The zero-order chi connectivity index (χ0) is 14.3. The lowest BCUT2D eigenvalue weighted by atomic mass is 10.3. The molecular weight excluding hydrogens is 296 g/mol. The molecule has 1 rings (SSSR count). The summed E-state index contributed by atoms with van der Waals surface area (Å²) < 4.78 is 24.2. The molecule has 2 N–H and O–H groups in total. The van der Waals surface area contributed by atoms with Gasteiger partial charge in [-0.25, -0.2) is 0 Å². The Labute approximate surface area is 117 Å². The molecule has 19 heavy (non-hydrogen) atoms. The summed E-state index contributed by atoms with van der Waals surface area (Å²) >= 11 is 1.41. The van der Waals surface area contributed by atoms with Gasteiger partial charge in [0, 0.05) is 10.6 Å². The molecule has 0 unspecified atom stereocenters. The fraction of sp³-hybridized carbons (Fsp3) is 0.273. The van der Waals surface area contributed by atoms with Gasteiger partial charge in [-0.1, -0.05) is 11.8 Å². The van der Waals surface area contributed by atoms with Crippen molar-refractivity contribution in [3.05, 3.63) is 24.3 Å². The Bertz CT molecular complexity index is 440. The van der Waals surface area contributed by atoms with E-state index < -0.39 is 11.7 Å². The second-order valence-electron chi connectivity index (χ2n) is 3.34. The molecule has 1 amide bonds. The van der Waals surface area contributed by atoms with Crippen LogP contribution in [0.4, 0.5) is 14.5 Å². The lowest BCUT2D eigenvalue weighted by Gasteiger charge is -2.05.